The monoisotopic (exact) mass is 469 g/mol. The number of hydrogen-bond donors (Lipinski definition) is 2. The van der Waals surface area contributed by atoms with E-state index in [1.54, 1.807) is 0 Å². The van der Waals surface area contributed by atoms with Crippen molar-refractivity contribution in [2.24, 2.45) is 0 Å². The Morgan fingerprint density at radius 2 is 1.35 bits per heavy atom. The molecular formula is C22H20Cl2F3N3O. The molecule has 3 aromatic carbocycles. The molecule has 31 heavy (non-hydrogen) atoms. The van der Waals surface area contributed by atoms with Gasteiger partial charge >= 0.3 is 0 Å². The first-order chi connectivity index (χ1) is 14.6. The van der Waals surface area contributed by atoms with Gasteiger partial charge in [0.1, 0.15) is 18.2 Å². The molecule has 3 rings (SSSR count). The summed E-state index contributed by atoms with van der Waals surface area (Å²) in [6.07, 6.45) is 0. The molecule has 0 amide bonds. The van der Waals surface area contributed by atoms with Crippen LogP contribution in [0.25, 0.3) is 22.3 Å². The van der Waals surface area contributed by atoms with Gasteiger partial charge in [0, 0.05) is 23.2 Å². The van der Waals surface area contributed by atoms with E-state index in [0.717, 1.165) is 18.2 Å². The Morgan fingerprint density at radius 1 is 0.839 bits per heavy atom. The lowest BCUT2D eigenvalue weighted by atomic mass is 9.94. The minimum Gasteiger partial charge on any atom is -0.489 e. The first kappa shape index (κ1) is 23.1. The van der Waals surface area contributed by atoms with Crippen molar-refractivity contribution in [3.8, 4) is 28.0 Å². The van der Waals surface area contributed by atoms with Gasteiger partial charge in [0.2, 0.25) is 0 Å². The summed E-state index contributed by atoms with van der Waals surface area (Å²) in [7, 11) is 3.71. The summed E-state index contributed by atoms with van der Waals surface area (Å²) in [5.74, 6) is -1.95. The van der Waals surface area contributed by atoms with Gasteiger partial charge in [-0.25, -0.2) is 13.2 Å². The van der Waals surface area contributed by atoms with Crippen LogP contribution in [-0.4, -0.2) is 32.1 Å². The molecule has 0 radical (unpaired) electrons. The minimum atomic E-state index is -0.874. The van der Waals surface area contributed by atoms with Crippen molar-refractivity contribution in [1.29, 1.82) is 0 Å². The second-order valence-corrected chi connectivity index (χ2v) is 7.93. The Balaban J connectivity index is 2.30. The zero-order valence-corrected chi connectivity index (χ0v) is 18.3. The fourth-order valence-electron chi connectivity index (χ4n) is 3.13. The van der Waals surface area contributed by atoms with E-state index in [1.165, 1.54) is 18.2 Å². The first-order valence-electron chi connectivity index (χ1n) is 9.20. The molecule has 0 aromatic heterocycles. The molecule has 4 nitrogen and oxygen atoms in total. The minimum absolute atomic E-state index is 0.00974. The number of hydrogen-bond acceptors (Lipinski definition) is 4. The van der Waals surface area contributed by atoms with Crippen LogP contribution in [0.4, 0.5) is 24.5 Å². The highest BCUT2D eigenvalue weighted by Crippen LogP contribution is 2.50. The molecule has 0 saturated heterocycles. The van der Waals surface area contributed by atoms with E-state index in [9.17, 15) is 8.78 Å². The van der Waals surface area contributed by atoms with E-state index in [4.69, 9.17) is 39.4 Å². The number of nitrogens with zero attached hydrogens (tertiary/aromatic N) is 1. The van der Waals surface area contributed by atoms with E-state index in [2.05, 4.69) is 0 Å². The van der Waals surface area contributed by atoms with E-state index >= 15 is 4.39 Å². The van der Waals surface area contributed by atoms with Gasteiger partial charge < -0.3 is 21.1 Å². The molecule has 0 fully saturated rings. The fraction of sp³-hybridized carbons (Fsp3) is 0.182. The lowest BCUT2D eigenvalue weighted by molar-refractivity contribution is 0.263. The summed E-state index contributed by atoms with van der Waals surface area (Å²) in [6.45, 7) is 0.727. The smallest absolute Gasteiger partial charge is 0.156 e. The van der Waals surface area contributed by atoms with Gasteiger partial charge in [0.15, 0.2) is 11.6 Å². The number of likely N-dealkylation sites (N-methyl/N-ethyl adjacent to an activating group) is 1. The van der Waals surface area contributed by atoms with Crippen LogP contribution in [0.5, 0.6) is 5.75 Å². The molecule has 0 heterocycles. The number of nitrogens with two attached hydrogens (primary N) is 2. The summed E-state index contributed by atoms with van der Waals surface area (Å²) >= 11 is 12.4. The summed E-state index contributed by atoms with van der Waals surface area (Å²) in [6, 6.07) is 7.10. The van der Waals surface area contributed by atoms with Crippen molar-refractivity contribution in [3.63, 3.8) is 0 Å². The summed E-state index contributed by atoms with van der Waals surface area (Å²) in [4.78, 5) is 1.88. The van der Waals surface area contributed by atoms with E-state index in [-0.39, 0.29) is 56.0 Å². The third-order valence-electron chi connectivity index (χ3n) is 4.65. The third-order valence-corrected chi connectivity index (χ3v) is 5.28. The normalized spacial score (nSPS) is 11.2. The van der Waals surface area contributed by atoms with Gasteiger partial charge in [-0.2, -0.15) is 0 Å². The van der Waals surface area contributed by atoms with Gasteiger partial charge in [-0.05, 0) is 50.5 Å². The van der Waals surface area contributed by atoms with E-state index in [0.29, 0.717) is 6.54 Å². The maximum atomic E-state index is 15.5. The molecule has 3 aromatic rings. The van der Waals surface area contributed by atoms with Crippen molar-refractivity contribution in [1.82, 2.24) is 4.90 Å². The van der Waals surface area contributed by atoms with Crippen LogP contribution in [0.2, 0.25) is 10.0 Å². The second kappa shape index (κ2) is 9.26. The highest BCUT2D eigenvalue weighted by atomic mass is 35.5. The summed E-state index contributed by atoms with van der Waals surface area (Å²) < 4.78 is 48.5. The molecule has 0 aliphatic heterocycles. The number of benzene rings is 3. The Kier molecular flexibility index (Phi) is 6.89. The predicted molar refractivity (Wildman–Crippen MR) is 120 cm³/mol. The van der Waals surface area contributed by atoms with Crippen LogP contribution in [-0.2, 0) is 0 Å². The molecule has 0 aliphatic carbocycles. The summed E-state index contributed by atoms with van der Waals surface area (Å²) in [5.41, 5.74) is 12.5. The molecule has 0 aliphatic rings. The molecule has 0 unspecified atom stereocenters. The quantitative estimate of drug-likeness (QED) is 0.444. The molecule has 0 atom stereocenters. The van der Waals surface area contributed by atoms with Crippen LogP contribution >= 0.6 is 23.2 Å². The van der Waals surface area contributed by atoms with Crippen LogP contribution in [0.1, 0.15) is 0 Å². The number of ether oxygens (including phenoxy) is 1. The van der Waals surface area contributed by atoms with Crippen LogP contribution in [0.15, 0.2) is 36.4 Å². The van der Waals surface area contributed by atoms with E-state index < -0.39 is 17.5 Å². The Morgan fingerprint density at radius 3 is 1.84 bits per heavy atom. The SMILES string of the molecule is CN(C)CCOc1c(N)c(-c2ccc(F)cc2Cl)c(F)c(N)c1-c1ccc(F)cc1Cl. The third kappa shape index (κ3) is 4.69. The molecule has 0 saturated carbocycles. The van der Waals surface area contributed by atoms with Crippen LogP contribution in [0, 0.1) is 17.5 Å². The maximum Gasteiger partial charge on any atom is 0.156 e. The number of anilines is 2. The Hall–Kier alpha value is -2.61. The largest absolute Gasteiger partial charge is 0.489 e. The average Bonchev–Trinajstić information content (AvgIpc) is 2.68. The van der Waals surface area contributed by atoms with Crippen molar-refractivity contribution in [2.45, 2.75) is 0 Å². The van der Waals surface area contributed by atoms with Crippen molar-refractivity contribution >= 4 is 34.6 Å². The molecule has 0 spiro atoms. The van der Waals surface area contributed by atoms with Crippen molar-refractivity contribution in [3.05, 3.63) is 63.9 Å². The standard InChI is InChI=1S/C22H20Cl2F3N3O/c1-30(2)7-8-31-22-18(14-6-4-12(26)10-16(14)24)20(28)19(27)17(21(22)29)13-5-3-11(25)9-15(13)23/h3-6,9-10H,7-8,28-29H2,1-2H3. The number of nitrogen functional groups attached to an aromatic ring is 2. The Labute approximate surface area is 188 Å². The van der Waals surface area contributed by atoms with Crippen molar-refractivity contribution < 1.29 is 17.9 Å². The molecule has 164 valence electrons. The lowest BCUT2D eigenvalue weighted by Crippen LogP contribution is -2.20. The number of rotatable bonds is 6. The van der Waals surface area contributed by atoms with Gasteiger partial charge in [-0.3, -0.25) is 0 Å². The first-order valence-corrected chi connectivity index (χ1v) is 9.96. The predicted octanol–water partition coefficient (Wildman–Crippen LogP) is 5.85. The van der Waals surface area contributed by atoms with Crippen LogP contribution < -0.4 is 16.2 Å². The highest BCUT2D eigenvalue weighted by molar-refractivity contribution is 6.34. The van der Waals surface area contributed by atoms with Gasteiger partial charge in [-0.1, -0.05) is 23.2 Å². The summed E-state index contributed by atoms with van der Waals surface area (Å²) in [5, 5.41) is -0.0349. The molecule has 9 heteroatoms. The van der Waals surface area contributed by atoms with E-state index in [1.807, 2.05) is 19.0 Å². The molecule has 0 bridgehead atoms. The molecule has 4 N–H and O–H groups in total. The highest BCUT2D eigenvalue weighted by Gasteiger charge is 2.27. The van der Waals surface area contributed by atoms with Gasteiger partial charge in [0.25, 0.3) is 0 Å². The zero-order valence-electron chi connectivity index (χ0n) is 16.8. The van der Waals surface area contributed by atoms with Crippen molar-refractivity contribution in [2.75, 3.05) is 38.7 Å². The fourth-order valence-corrected chi connectivity index (χ4v) is 3.65. The Bertz CT molecular complexity index is 1140. The lowest BCUT2D eigenvalue weighted by Gasteiger charge is -2.22. The van der Waals surface area contributed by atoms with Gasteiger partial charge in [0.05, 0.1) is 27.0 Å². The molecular weight excluding hydrogens is 450 g/mol. The zero-order chi connectivity index (χ0) is 22.9. The maximum absolute atomic E-state index is 15.5. The topological polar surface area (TPSA) is 64.5 Å². The van der Waals surface area contributed by atoms with Gasteiger partial charge in [-0.15, -0.1) is 0 Å². The second-order valence-electron chi connectivity index (χ2n) is 7.12. The van der Waals surface area contributed by atoms with Crippen LogP contribution in [0.3, 0.4) is 0 Å². The average molecular weight is 470 g/mol. The number of halogens is 5.